The molecule has 0 atom stereocenters. The molecule has 0 aromatic carbocycles. The third-order valence-electron chi connectivity index (χ3n) is 3.36. The Kier molecular flexibility index (Phi) is 5.91. The minimum atomic E-state index is -3.60. The van der Waals surface area contributed by atoms with Gasteiger partial charge in [-0.3, -0.25) is 4.79 Å². The normalized spacial score (nSPS) is 12.5. The fourth-order valence-corrected chi connectivity index (χ4v) is 2.80. The highest BCUT2D eigenvalue weighted by Gasteiger charge is 2.22. The number of nitrogens with one attached hydrogen (secondary N) is 1. The molecule has 1 aromatic rings. The summed E-state index contributed by atoms with van der Waals surface area (Å²) in [6.45, 7) is 6.67. The second-order valence-electron chi connectivity index (χ2n) is 5.75. The van der Waals surface area contributed by atoms with Crippen LogP contribution in [0.5, 0.6) is 0 Å². The maximum absolute atomic E-state index is 12.0. The molecule has 0 saturated heterocycles. The molecule has 2 N–H and O–H groups in total. The van der Waals surface area contributed by atoms with Gasteiger partial charge in [0.1, 0.15) is 0 Å². The molecule has 0 aliphatic rings. The number of nitrogens with zero attached hydrogens (tertiary/aromatic N) is 2. The van der Waals surface area contributed by atoms with Gasteiger partial charge in [0.15, 0.2) is 5.03 Å². The van der Waals surface area contributed by atoms with Crippen LogP contribution in [0.25, 0.3) is 0 Å². The van der Waals surface area contributed by atoms with Crippen molar-refractivity contribution in [3.63, 3.8) is 0 Å². The van der Waals surface area contributed by atoms with Gasteiger partial charge in [-0.05, 0) is 25.2 Å². The van der Waals surface area contributed by atoms with Crippen molar-refractivity contribution < 1.29 is 18.3 Å². The second kappa shape index (κ2) is 7.04. The number of aliphatic carboxylic acids is 1. The summed E-state index contributed by atoms with van der Waals surface area (Å²) >= 11 is 0. The molecule has 1 rings (SSSR count). The van der Waals surface area contributed by atoms with Gasteiger partial charge >= 0.3 is 5.97 Å². The van der Waals surface area contributed by atoms with Crippen LogP contribution in [0.3, 0.4) is 0 Å². The minimum Gasteiger partial charge on any atom is -0.481 e. The van der Waals surface area contributed by atoms with Crippen LogP contribution in [-0.4, -0.2) is 35.6 Å². The van der Waals surface area contributed by atoms with E-state index in [9.17, 15) is 13.2 Å². The Morgan fingerprint density at radius 3 is 2.62 bits per heavy atom. The summed E-state index contributed by atoms with van der Waals surface area (Å²) in [5.74, 6) is -0.839. The molecule has 0 saturated carbocycles. The average Bonchev–Trinajstić information content (AvgIpc) is 2.85. The van der Waals surface area contributed by atoms with Crippen molar-refractivity contribution in [1.82, 2.24) is 14.3 Å². The highest BCUT2D eigenvalue weighted by molar-refractivity contribution is 7.89. The molecule has 0 fully saturated rings. The van der Waals surface area contributed by atoms with Gasteiger partial charge in [0.05, 0.1) is 6.33 Å². The zero-order valence-corrected chi connectivity index (χ0v) is 13.5. The molecule has 0 aliphatic heterocycles. The second-order valence-corrected chi connectivity index (χ2v) is 7.46. The molecule has 1 aromatic heterocycles. The van der Waals surface area contributed by atoms with E-state index in [1.165, 1.54) is 12.5 Å². The lowest BCUT2D eigenvalue weighted by Crippen LogP contribution is -2.28. The van der Waals surface area contributed by atoms with Crippen LogP contribution >= 0.6 is 0 Å². The summed E-state index contributed by atoms with van der Waals surface area (Å²) in [5, 5.41) is 8.69. The van der Waals surface area contributed by atoms with Gasteiger partial charge < -0.3 is 9.67 Å². The number of aryl methyl sites for hydroxylation is 1. The van der Waals surface area contributed by atoms with Gasteiger partial charge in [0.25, 0.3) is 10.0 Å². The molecule has 0 unspecified atom stereocenters. The fraction of sp³-hybridized carbons (Fsp3) is 0.692. The van der Waals surface area contributed by atoms with Gasteiger partial charge in [-0.25, -0.2) is 18.1 Å². The Labute approximate surface area is 125 Å². The fourth-order valence-electron chi connectivity index (χ4n) is 1.82. The third kappa shape index (κ3) is 5.84. The zero-order chi connectivity index (χ0) is 16.1. The van der Waals surface area contributed by atoms with E-state index in [0.29, 0.717) is 19.4 Å². The molecule has 7 nitrogen and oxygen atoms in total. The molecule has 0 spiro atoms. The van der Waals surface area contributed by atoms with Crippen LogP contribution < -0.4 is 4.72 Å². The third-order valence-corrected chi connectivity index (χ3v) is 4.71. The number of carboxylic acids is 1. The van der Waals surface area contributed by atoms with Gasteiger partial charge in [0, 0.05) is 25.7 Å². The van der Waals surface area contributed by atoms with Crippen molar-refractivity contribution in [3.05, 3.63) is 12.5 Å². The van der Waals surface area contributed by atoms with Crippen molar-refractivity contribution in [1.29, 1.82) is 0 Å². The lowest BCUT2D eigenvalue weighted by atomic mass is 9.84. The van der Waals surface area contributed by atoms with Crippen LogP contribution in [-0.2, 0) is 21.4 Å². The molecule has 21 heavy (non-hydrogen) atoms. The number of carboxylic acid groups (broad SMARTS) is 1. The van der Waals surface area contributed by atoms with Crippen molar-refractivity contribution in [3.8, 4) is 0 Å². The number of hydrogen-bond donors (Lipinski definition) is 2. The summed E-state index contributed by atoms with van der Waals surface area (Å²) < 4.78 is 28.3. The summed E-state index contributed by atoms with van der Waals surface area (Å²) in [5.41, 5.74) is -0.232. The first-order valence-corrected chi connectivity index (χ1v) is 8.38. The number of hydrogen-bond acceptors (Lipinski definition) is 4. The van der Waals surface area contributed by atoms with Crippen molar-refractivity contribution in [2.75, 3.05) is 6.54 Å². The summed E-state index contributed by atoms with van der Waals surface area (Å²) in [7, 11) is -3.60. The van der Waals surface area contributed by atoms with Crippen molar-refractivity contribution >= 4 is 16.0 Å². The molecular weight excluding hydrogens is 294 g/mol. The van der Waals surface area contributed by atoms with Crippen LogP contribution in [0.15, 0.2) is 17.6 Å². The quantitative estimate of drug-likeness (QED) is 0.718. The van der Waals surface area contributed by atoms with Crippen molar-refractivity contribution in [2.45, 2.75) is 51.6 Å². The van der Waals surface area contributed by atoms with Gasteiger partial charge in [-0.1, -0.05) is 13.8 Å². The van der Waals surface area contributed by atoms with Crippen molar-refractivity contribution in [2.24, 2.45) is 5.41 Å². The Hall–Kier alpha value is -1.41. The van der Waals surface area contributed by atoms with E-state index in [1.54, 1.807) is 4.57 Å². The lowest BCUT2D eigenvalue weighted by Gasteiger charge is -2.23. The average molecular weight is 317 g/mol. The van der Waals surface area contributed by atoms with Crippen LogP contribution in [0, 0.1) is 5.41 Å². The molecule has 8 heteroatoms. The minimum absolute atomic E-state index is 0.00712. The van der Waals surface area contributed by atoms with E-state index in [2.05, 4.69) is 9.71 Å². The van der Waals surface area contributed by atoms with Gasteiger partial charge in [0.2, 0.25) is 0 Å². The largest absolute Gasteiger partial charge is 0.481 e. The van der Waals surface area contributed by atoms with Crippen LogP contribution in [0.4, 0.5) is 0 Å². The first-order valence-electron chi connectivity index (χ1n) is 6.89. The number of imidazole rings is 1. The number of sulfonamides is 1. The summed E-state index contributed by atoms with van der Waals surface area (Å²) in [6.07, 6.45) is 4.12. The topological polar surface area (TPSA) is 101 Å². The first kappa shape index (κ1) is 17.6. The summed E-state index contributed by atoms with van der Waals surface area (Å²) in [4.78, 5) is 14.4. The lowest BCUT2D eigenvalue weighted by molar-refractivity contribution is -0.137. The van der Waals surface area contributed by atoms with Gasteiger partial charge in [-0.2, -0.15) is 0 Å². The van der Waals surface area contributed by atoms with E-state index in [1.807, 2.05) is 20.8 Å². The maximum atomic E-state index is 12.0. The van der Waals surface area contributed by atoms with Crippen LogP contribution in [0.2, 0.25) is 0 Å². The molecule has 120 valence electrons. The predicted molar refractivity (Wildman–Crippen MR) is 78.4 cm³/mol. The molecule has 0 bridgehead atoms. The number of rotatable bonds is 9. The van der Waals surface area contributed by atoms with E-state index in [0.717, 1.165) is 0 Å². The Balaban J connectivity index is 2.52. The smallest absolute Gasteiger partial charge is 0.303 e. The maximum Gasteiger partial charge on any atom is 0.303 e. The Morgan fingerprint density at radius 2 is 2.10 bits per heavy atom. The van der Waals surface area contributed by atoms with E-state index < -0.39 is 16.0 Å². The Morgan fingerprint density at radius 1 is 1.43 bits per heavy atom. The SMILES string of the molecule is CCn1cnc(S(=O)(=O)NCCC(C)(C)CCC(=O)O)c1. The molecule has 0 radical (unpaired) electrons. The molecule has 0 amide bonds. The van der Waals surface area contributed by atoms with E-state index in [4.69, 9.17) is 5.11 Å². The zero-order valence-electron chi connectivity index (χ0n) is 12.7. The predicted octanol–water partition coefficient (Wildman–Crippen LogP) is 1.46. The van der Waals surface area contributed by atoms with Gasteiger partial charge in [-0.15, -0.1) is 0 Å². The van der Waals surface area contributed by atoms with Crippen LogP contribution in [0.1, 0.15) is 40.0 Å². The monoisotopic (exact) mass is 317 g/mol. The standard InChI is InChI=1S/C13H23N3O4S/c1-4-16-9-11(14-10-16)21(19,20)15-8-7-13(2,3)6-5-12(17)18/h9-10,15H,4-8H2,1-3H3,(H,17,18). The number of aromatic nitrogens is 2. The highest BCUT2D eigenvalue weighted by Crippen LogP contribution is 2.26. The molecular formula is C13H23N3O4S. The first-order chi connectivity index (χ1) is 9.66. The Bertz CT molecular complexity index is 578. The molecule has 0 aliphatic carbocycles. The summed E-state index contributed by atoms with van der Waals surface area (Å²) in [6, 6.07) is 0. The highest BCUT2D eigenvalue weighted by atomic mass is 32.2. The number of carbonyl (C=O) groups is 1. The van der Waals surface area contributed by atoms with E-state index >= 15 is 0 Å². The van der Waals surface area contributed by atoms with E-state index in [-0.39, 0.29) is 23.4 Å². The molecule has 1 heterocycles.